The molecule has 0 amide bonds. The van der Waals surface area contributed by atoms with Crippen LogP contribution in [0.2, 0.25) is 0 Å². The summed E-state index contributed by atoms with van der Waals surface area (Å²) in [6, 6.07) is 76.3. The first-order valence-corrected chi connectivity index (χ1v) is 18.7. The average Bonchev–Trinajstić information content (AvgIpc) is 3.25. The lowest BCUT2D eigenvalue weighted by molar-refractivity contribution is 1.59. The standard InChI is InChI=1S/C54H34/c1-2-14-37(15-3-1)51-34-53-47-19-9-8-18-46(47)52-33-42(26-27-50(52)54(53)49-21-11-10-20-48(49)51)45-31-43(40-24-22-35-12-4-6-16-38(35)28-40)30-44(32-45)41-25-23-36-13-5-7-17-39(36)29-41/h1-34H. The van der Waals surface area contributed by atoms with Gasteiger partial charge in [0, 0.05) is 0 Å². The highest BCUT2D eigenvalue weighted by Crippen LogP contribution is 2.44. The van der Waals surface area contributed by atoms with Crippen LogP contribution in [0.15, 0.2) is 206 Å². The van der Waals surface area contributed by atoms with E-state index in [0.717, 1.165) is 0 Å². The third kappa shape index (κ3) is 4.99. The fraction of sp³-hybridized carbons (Fsp3) is 0. The van der Waals surface area contributed by atoms with Gasteiger partial charge in [-0.2, -0.15) is 0 Å². The van der Waals surface area contributed by atoms with Gasteiger partial charge in [0.2, 0.25) is 0 Å². The fourth-order valence-electron chi connectivity index (χ4n) is 8.72. The Morgan fingerprint density at radius 2 is 0.630 bits per heavy atom. The molecule has 0 atom stereocenters. The van der Waals surface area contributed by atoms with Crippen LogP contribution in [0.4, 0.5) is 0 Å². The molecule has 0 fully saturated rings. The van der Waals surface area contributed by atoms with E-state index in [4.69, 9.17) is 0 Å². The Morgan fingerprint density at radius 3 is 1.24 bits per heavy atom. The van der Waals surface area contributed by atoms with Gasteiger partial charge in [0.1, 0.15) is 0 Å². The molecule has 11 aromatic carbocycles. The fourth-order valence-corrected chi connectivity index (χ4v) is 8.72. The Hall–Kier alpha value is -7.02. The number of hydrogen-bond donors (Lipinski definition) is 0. The van der Waals surface area contributed by atoms with Crippen molar-refractivity contribution in [2.75, 3.05) is 0 Å². The van der Waals surface area contributed by atoms with Crippen molar-refractivity contribution in [2.45, 2.75) is 0 Å². The zero-order valence-corrected chi connectivity index (χ0v) is 29.6. The van der Waals surface area contributed by atoms with Gasteiger partial charge in [0.15, 0.2) is 0 Å². The van der Waals surface area contributed by atoms with Crippen LogP contribution >= 0.6 is 0 Å². The molecule has 0 bridgehead atoms. The Labute approximate surface area is 314 Å². The molecule has 0 aliphatic heterocycles. The van der Waals surface area contributed by atoms with Crippen molar-refractivity contribution < 1.29 is 0 Å². The van der Waals surface area contributed by atoms with Crippen LogP contribution in [0.25, 0.3) is 109 Å². The number of benzene rings is 11. The van der Waals surface area contributed by atoms with Crippen LogP contribution in [0.3, 0.4) is 0 Å². The summed E-state index contributed by atoms with van der Waals surface area (Å²) in [6.07, 6.45) is 0. The number of rotatable bonds is 4. The quantitative estimate of drug-likeness (QED) is 0.162. The highest BCUT2D eigenvalue weighted by molar-refractivity contribution is 6.33. The highest BCUT2D eigenvalue weighted by Gasteiger charge is 2.16. The number of hydrogen-bond acceptors (Lipinski definition) is 0. The zero-order chi connectivity index (χ0) is 35.6. The monoisotopic (exact) mass is 682 g/mol. The molecule has 0 N–H and O–H groups in total. The predicted molar refractivity (Wildman–Crippen MR) is 233 cm³/mol. The van der Waals surface area contributed by atoms with Crippen LogP contribution < -0.4 is 0 Å². The minimum Gasteiger partial charge on any atom is -0.0622 e. The third-order valence-electron chi connectivity index (χ3n) is 11.4. The minimum atomic E-state index is 1.21. The Morgan fingerprint density at radius 1 is 0.185 bits per heavy atom. The normalized spacial score (nSPS) is 11.7. The van der Waals surface area contributed by atoms with E-state index in [9.17, 15) is 0 Å². The smallest absolute Gasteiger partial charge is 0.00199 e. The van der Waals surface area contributed by atoms with Crippen LogP contribution in [-0.4, -0.2) is 0 Å². The lowest BCUT2D eigenvalue weighted by Gasteiger charge is -2.17. The molecular formula is C54H34. The highest BCUT2D eigenvalue weighted by atomic mass is 14.2. The zero-order valence-electron chi connectivity index (χ0n) is 29.6. The Kier molecular flexibility index (Phi) is 6.97. The topological polar surface area (TPSA) is 0 Å². The minimum absolute atomic E-state index is 1.21. The molecule has 54 heavy (non-hydrogen) atoms. The third-order valence-corrected chi connectivity index (χ3v) is 11.4. The van der Waals surface area contributed by atoms with Crippen molar-refractivity contribution >= 4 is 64.6 Å². The molecule has 0 nitrogen and oxygen atoms in total. The van der Waals surface area contributed by atoms with Gasteiger partial charge >= 0.3 is 0 Å². The Balaban J connectivity index is 1.17. The van der Waals surface area contributed by atoms with Crippen LogP contribution in [0, 0.1) is 0 Å². The first-order chi connectivity index (χ1) is 26.7. The predicted octanol–water partition coefficient (Wildman–Crippen LogP) is 15.3. The van der Waals surface area contributed by atoms with Gasteiger partial charge in [0.25, 0.3) is 0 Å². The summed E-state index contributed by atoms with van der Waals surface area (Å²) in [5.41, 5.74) is 9.79. The van der Waals surface area contributed by atoms with Crippen molar-refractivity contribution in [2.24, 2.45) is 0 Å². The second-order valence-corrected chi connectivity index (χ2v) is 14.5. The molecule has 0 spiro atoms. The maximum absolute atomic E-state index is 2.43. The molecule has 0 aromatic heterocycles. The second-order valence-electron chi connectivity index (χ2n) is 14.5. The van der Waals surface area contributed by atoms with Crippen molar-refractivity contribution in [1.29, 1.82) is 0 Å². The molecule has 0 aliphatic rings. The van der Waals surface area contributed by atoms with Gasteiger partial charge in [-0.05, 0) is 152 Å². The van der Waals surface area contributed by atoms with E-state index in [1.54, 1.807) is 0 Å². The van der Waals surface area contributed by atoms with Gasteiger partial charge in [-0.25, -0.2) is 0 Å². The van der Waals surface area contributed by atoms with E-state index in [2.05, 4.69) is 206 Å². The summed E-state index contributed by atoms with van der Waals surface area (Å²) in [5, 5.41) is 15.3. The van der Waals surface area contributed by atoms with E-state index in [1.165, 1.54) is 109 Å². The summed E-state index contributed by atoms with van der Waals surface area (Å²) in [5.74, 6) is 0. The summed E-state index contributed by atoms with van der Waals surface area (Å²) < 4.78 is 0. The lowest BCUT2D eigenvalue weighted by Crippen LogP contribution is -1.90. The largest absolute Gasteiger partial charge is 0.0622 e. The first kappa shape index (κ1) is 30.6. The van der Waals surface area contributed by atoms with Crippen LogP contribution in [0.1, 0.15) is 0 Å². The molecule has 0 heteroatoms. The van der Waals surface area contributed by atoms with Crippen LogP contribution in [0.5, 0.6) is 0 Å². The lowest BCUT2D eigenvalue weighted by atomic mass is 9.86. The molecule has 0 radical (unpaired) electrons. The maximum atomic E-state index is 2.43. The first-order valence-electron chi connectivity index (χ1n) is 18.7. The molecular weight excluding hydrogens is 649 g/mol. The van der Waals surface area contributed by atoms with Crippen molar-refractivity contribution in [3.05, 3.63) is 206 Å². The van der Waals surface area contributed by atoms with Gasteiger partial charge in [-0.15, -0.1) is 0 Å². The van der Waals surface area contributed by atoms with Gasteiger partial charge in [-0.1, -0.05) is 164 Å². The molecule has 0 heterocycles. The SMILES string of the molecule is c1ccc(-c2cc3c4ccccc4c4cc(-c5cc(-c6ccc7ccccc7c6)cc(-c6ccc7ccccc7c6)c5)ccc4c3c3ccccc23)cc1. The second kappa shape index (κ2) is 12.3. The van der Waals surface area contributed by atoms with Crippen molar-refractivity contribution in [3.63, 3.8) is 0 Å². The van der Waals surface area contributed by atoms with E-state index < -0.39 is 0 Å². The molecule has 11 rings (SSSR count). The maximum Gasteiger partial charge on any atom is -0.00199 e. The van der Waals surface area contributed by atoms with Gasteiger partial charge in [-0.3, -0.25) is 0 Å². The molecule has 0 unspecified atom stereocenters. The van der Waals surface area contributed by atoms with Crippen LogP contribution in [-0.2, 0) is 0 Å². The summed E-state index contributed by atoms with van der Waals surface area (Å²) in [6.45, 7) is 0. The van der Waals surface area contributed by atoms with E-state index >= 15 is 0 Å². The molecule has 11 aromatic rings. The number of fused-ring (bicyclic) bond motifs is 10. The van der Waals surface area contributed by atoms with Crippen molar-refractivity contribution in [3.8, 4) is 44.5 Å². The van der Waals surface area contributed by atoms with E-state index in [1.807, 2.05) is 0 Å². The summed E-state index contributed by atoms with van der Waals surface area (Å²) >= 11 is 0. The average molecular weight is 683 g/mol. The van der Waals surface area contributed by atoms with Gasteiger partial charge in [0.05, 0.1) is 0 Å². The van der Waals surface area contributed by atoms with Crippen molar-refractivity contribution in [1.82, 2.24) is 0 Å². The van der Waals surface area contributed by atoms with E-state index in [0.29, 0.717) is 0 Å². The summed E-state index contributed by atoms with van der Waals surface area (Å²) in [7, 11) is 0. The Bertz CT molecular complexity index is 3160. The molecule has 0 aliphatic carbocycles. The molecule has 0 saturated carbocycles. The molecule has 250 valence electrons. The molecule has 0 saturated heterocycles. The van der Waals surface area contributed by atoms with Gasteiger partial charge < -0.3 is 0 Å². The van der Waals surface area contributed by atoms with E-state index in [-0.39, 0.29) is 0 Å². The summed E-state index contributed by atoms with van der Waals surface area (Å²) in [4.78, 5) is 0.